The smallest absolute Gasteiger partial charge is 0.245 e. The van der Waals surface area contributed by atoms with Crippen LogP contribution in [0.25, 0.3) is 0 Å². The molecule has 0 atom stereocenters. The molecule has 9 heavy (non-hydrogen) atoms. The molecule has 4 heteroatoms. The van der Waals surface area contributed by atoms with Crippen LogP contribution in [0.2, 0.25) is 0 Å². The van der Waals surface area contributed by atoms with Gasteiger partial charge in [0.05, 0.1) is 6.21 Å². The molecule has 0 saturated heterocycles. The van der Waals surface area contributed by atoms with Crippen LogP contribution in [0.1, 0.15) is 0 Å². The fourth-order valence-electron chi connectivity index (χ4n) is 0.439. The normalized spacial score (nSPS) is 18.9. The van der Waals surface area contributed by atoms with E-state index in [0.29, 0.717) is 0 Å². The van der Waals surface area contributed by atoms with Crippen LogP contribution in [-0.2, 0) is 0 Å². The van der Waals surface area contributed by atoms with Gasteiger partial charge in [0, 0.05) is 0 Å². The van der Waals surface area contributed by atoms with Crippen molar-refractivity contribution in [1.29, 1.82) is 10.5 Å². The van der Waals surface area contributed by atoms with E-state index in [4.69, 9.17) is 10.5 Å². The van der Waals surface area contributed by atoms with Crippen LogP contribution in [0.5, 0.6) is 0 Å². The number of nitrogens with zero attached hydrogens (tertiary/aromatic N) is 4. The predicted molar refractivity (Wildman–Crippen MR) is 30.9 cm³/mol. The Labute approximate surface area is 51.8 Å². The lowest BCUT2D eigenvalue weighted by molar-refractivity contribution is 0.950. The van der Waals surface area contributed by atoms with E-state index in [9.17, 15) is 0 Å². The van der Waals surface area contributed by atoms with Crippen molar-refractivity contribution >= 4 is 12.6 Å². The average molecular weight is 118 g/mol. The summed E-state index contributed by atoms with van der Waals surface area (Å²) >= 11 is 0. The van der Waals surface area contributed by atoms with Gasteiger partial charge in [0.2, 0.25) is 0 Å². The van der Waals surface area contributed by atoms with Crippen LogP contribution >= 0.6 is 0 Å². The lowest BCUT2D eigenvalue weighted by Crippen LogP contribution is -2.20. The first-order valence-corrected chi connectivity index (χ1v) is 2.23. The van der Waals surface area contributed by atoms with Gasteiger partial charge in [0.25, 0.3) is 5.54 Å². The zero-order valence-electron chi connectivity index (χ0n) is 4.44. The third kappa shape index (κ3) is 0.665. The molecule has 0 unspecified atom stereocenters. The highest BCUT2D eigenvalue weighted by Gasteiger charge is 2.28. The van der Waals surface area contributed by atoms with Gasteiger partial charge in [-0.3, -0.25) is 0 Å². The van der Waals surface area contributed by atoms with E-state index in [1.165, 1.54) is 12.6 Å². The molecular formula is C5H2N4. The number of hydrogen-bond acceptors (Lipinski definition) is 4. The van der Waals surface area contributed by atoms with Gasteiger partial charge in [-0.1, -0.05) is 0 Å². The van der Waals surface area contributed by atoms with Gasteiger partial charge >= 0.3 is 0 Å². The van der Waals surface area contributed by atoms with Crippen LogP contribution in [0.4, 0.5) is 0 Å². The van der Waals surface area contributed by atoms with Crippen LogP contribution in [-0.4, -0.2) is 18.1 Å². The van der Waals surface area contributed by atoms with Gasteiger partial charge in [-0.15, -0.1) is 0 Å². The second-order valence-corrected chi connectivity index (χ2v) is 1.51. The maximum Gasteiger partial charge on any atom is 0.268 e. The van der Waals surface area contributed by atoms with Gasteiger partial charge in [0.1, 0.15) is 18.5 Å². The molecule has 0 fully saturated rings. The Morgan fingerprint density at radius 3 is 2.22 bits per heavy atom. The van der Waals surface area contributed by atoms with Crippen molar-refractivity contribution in [2.45, 2.75) is 5.54 Å². The fraction of sp³-hybridized carbons (Fsp3) is 0.200. The fourth-order valence-corrected chi connectivity index (χ4v) is 0.439. The standard InChI is InChI=1S/C5H2N4/c6-1-5(2-7)3-8-4-9-5/h3-4H. The highest BCUT2D eigenvalue weighted by atomic mass is 15.0. The SMILES string of the molecule is N#CC1(C#N)C=NC=N1. The van der Waals surface area contributed by atoms with E-state index in [1.807, 2.05) is 0 Å². The Hall–Kier alpha value is -1.68. The Balaban J connectivity index is 3.03. The van der Waals surface area contributed by atoms with Gasteiger partial charge in [-0.25, -0.2) is 9.98 Å². The molecule has 0 bridgehead atoms. The molecule has 0 amide bonds. The highest BCUT2D eigenvalue weighted by molar-refractivity contribution is 5.91. The summed E-state index contributed by atoms with van der Waals surface area (Å²) in [5.74, 6) is 0. The predicted octanol–water partition coefficient (Wildman–Crippen LogP) is -0.115. The first-order chi connectivity index (χ1) is 4.33. The summed E-state index contributed by atoms with van der Waals surface area (Å²) < 4.78 is 0. The first kappa shape index (κ1) is 5.46. The van der Waals surface area contributed by atoms with Gasteiger partial charge in [-0.05, 0) is 0 Å². The van der Waals surface area contributed by atoms with Crippen molar-refractivity contribution < 1.29 is 0 Å². The molecule has 0 aromatic carbocycles. The molecular weight excluding hydrogens is 116 g/mol. The maximum atomic E-state index is 8.34. The molecule has 0 aromatic heterocycles. The van der Waals surface area contributed by atoms with Gasteiger partial charge in [-0.2, -0.15) is 10.5 Å². The summed E-state index contributed by atoms with van der Waals surface area (Å²) in [5, 5.41) is 16.7. The molecule has 0 N–H and O–H groups in total. The van der Waals surface area contributed by atoms with Crippen LogP contribution < -0.4 is 0 Å². The number of hydrogen-bond donors (Lipinski definition) is 0. The third-order valence-electron chi connectivity index (χ3n) is 0.930. The van der Waals surface area contributed by atoms with E-state index < -0.39 is 5.54 Å². The van der Waals surface area contributed by atoms with E-state index >= 15 is 0 Å². The number of aliphatic imine (C=N–C) groups is 2. The molecule has 1 aliphatic heterocycles. The number of nitriles is 2. The van der Waals surface area contributed by atoms with E-state index in [2.05, 4.69) is 9.98 Å². The second kappa shape index (κ2) is 1.68. The maximum absolute atomic E-state index is 8.34. The quantitative estimate of drug-likeness (QED) is 0.445. The number of rotatable bonds is 0. The van der Waals surface area contributed by atoms with Crippen molar-refractivity contribution in [1.82, 2.24) is 0 Å². The lowest BCUT2D eigenvalue weighted by Gasteiger charge is -1.96. The highest BCUT2D eigenvalue weighted by Crippen LogP contribution is 2.07. The molecule has 0 saturated carbocycles. The molecule has 0 aliphatic carbocycles. The van der Waals surface area contributed by atoms with Gasteiger partial charge < -0.3 is 0 Å². The van der Waals surface area contributed by atoms with Crippen molar-refractivity contribution in [3.8, 4) is 12.1 Å². The minimum absolute atomic E-state index is 1.20. The van der Waals surface area contributed by atoms with E-state index in [1.54, 1.807) is 12.1 Å². The summed E-state index contributed by atoms with van der Waals surface area (Å²) in [6.07, 6.45) is 2.42. The lowest BCUT2D eigenvalue weighted by atomic mass is 10.1. The second-order valence-electron chi connectivity index (χ2n) is 1.51. The molecule has 0 aromatic rings. The van der Waals surface area contributed by atoms with Gasteiger partial charge in [0.15, 0.2) is 0 Å². The Kier molecular flexibility index (Phi) is 1.02. The van der Waals surface area contributed by atoms with Crippen LogP contribution in [0.3, 0.4) is 0 Å². The zero-order chi connectivity index (χ0) is 6.74. The van der Waals surface area contributed by atoms with Crippen molar-refractivity contribution in [3.63, 3.8) is 0 Å². The van der Waals surface area contributed by atoms with Crippen molar-refractivity contribution in [2.75, 3.05) is 0 Å². The molecule has 0 radical (unpaired) electrons. The molecule has 1 aliphatic rings. The minimum atomic E-state index is -1.33. The average Bonchev–Trinajstić information content (AvgIpc) is 2.36. The summed E-state index contributed by atoms with van der Waals surface area (Å²) in [5.41, 5.74) is -1.33. The van der Waals surface area contributed by atoms with E-state index in [-0.39, 0.29) is 0 Å². The van der Waals surface area contributed by atoms with E-state index in [0.717, 1.165) is 0 Å². The van der Waals surface area contributed by atoms with Crippen molar-refractivity contribution in [3.05, 3.63) is 0 Å². The minimum Gasteiger partial charge on any atom is -0.245 e. The molecule has 1 heterocycles. The Morgan fingerprint density at radius 2 is 2.00 bits per heavy atom. The monoisotopic (exact) mass is 118 g/mol. The summed E-state index contributed by atoms with van der Waals surface area (Å²) in [6, 6.07) is 3.44. The summed E-state index contributed by atoms with van der Waals surface area (Å²) in [7, 11) is 0. The Bertz CT molecular complexity index is 221. The molecule has 42 valence electrons. The molecule has 1 rings (SSSR count). The Morgan fingerprint density at radius 1 is 1.33 bits per heavy atom. The topological polar surface area (TPSA) is 72.3 Å². The summed E-state index contributed by atoms with van der Waals surface area (Å²) in [4.78, 5) is 7.05. The first-order valence-electron chi connectivity index (χ1n) is 2.23. The third-order valence-corrected chi connectivity index (χ3v) is 0.930. The summed E-state index contributed by atoms with van der Waals surface area (Å²) in [6.45, 7) is 0. The largest absolute Gasteiger partial charge is 0.268 e. The zero-order valence-corrected chi connectivity index (χ0v) is 4.44. The van der Waals surface area contributed by atoms with Crippen LogP contribution in [0, 0.1) is 22.7 Å². The molecule has 4 nitrogen and oxygen atoms in total. The van der Waals surface area contributed by atoms with Crippen molar-refractivity contribution in [2.24, 2.45) is 9.98 Å². The molecule has 0 spiro atoms. The van der Waals surface area contributed by atoms with Crippen LogP contribution in [0.15, 0.2) is 9.98 Å².